The molecule has 1 N–H and O–H groups in total. The van der Waals surface area contributed by atoms with Gasteiger partial charge in [-0.3, -0.25) is 0 Å². The third kappa shape index (κ3) is 4.44. The predicted molar refractivity (Wildman–Crippen MR) is 90.9 cm³/mol. The van der Waals surface area contributed by atoms with Crippen LogP contribution in [0, 0.1) is 19.8 Å². The second-order valence-corrected chi connectivity index (χ2v) is 6.58. The summed E-state index contributed by atoms with van der Waals surface area (Å²) in [6.45, 7) is 13.2. The van der Waals surface area contributed by atoms with Crippen LogP contribution < -0.4 is 10.2 Å². The molecule has 2 heterocycles. The molecule has 0 amide bonds. The van der Waals surface area contributed by atoms with E-state index in [2.05, 4.69) is 44.0 Å². The van der Waals surface area contributed by atoms with Gasteiger partial charge in [0.1, 0.15) is 5.82 Å². The van der Waals surface area contributed by atoms with E-state index in [-0.39, 0.29) is 0 Å². The molecule has 21 heavy (non-hydrogen) atoms. The second-order valence-electron chi connectivity index (χ2n) is 6.58. The number of nitrogens with one attached hydrogen (secondary N) is 1. The van der Waals surface area contributed by atoms with Crippen LogP contribution in [0.3, 0.4) is 0 Å². The smallest absolute Gasteiger partial charge is 0.133 e. The molecule has 1 aliphatic heterocycles. The van der Waals surface area contributed by atoms with Gasteiger partial charge in [0.25, 0.3) is 0 Å². The summed E-state index contributed by atoms with van der Waals surface area (Å²) in [5, 5.41) is 3.55. The average molecular weight is 289 g/mol. The van der Waals surface area contributed by atoms with E-state index < -0.39 is 0 Å². The van der Waals surface area contributed by atoms with Crippen molar-refractivity contribution in [1.29, 1.82) is 0 Å². The lowest BCUT2D eigenvalue weighted by Crippen LogP contribution is -2.28. The van der Waals surface area contributed by atoms with Gasteiger partial charge in [-0.25, -0.2) is 4.98 Å². The molecule has 1 fully saturated rings. The molecular weight excluding hydrogens is 258 g/mol. The number of aryl methyl sites for hydroxylation is 2. The summed E-state index contributed by atoms with van der Waals surface area (Å²) in [5.74, 6) is 2.08. The standard InChI is InChI=1S/C18H31N3/c1-5-9-19-13-17-15(3)12-16(4)20-18(17)21-10-6-7-14(2)8-11-21/h12,14,19H,5-11,13H2,1-4H3. The molecule has 1 aromatic heterocycles. The molecule has 0 bridgehead atoms. The van der Waals surface area contributed by atoms with Crippen molar-refractivity contribution < 1.29 is 0 Å². The molecule has 118 valence electrons. The van der Waals surface area contributed by atoms with E-state index in [1.54, 1.807) is 0 Å². The van der Waals surface area contributed by atoms with E-state index in [0.29, 0.717) is 0 Å². The fourth-order valence-electron chi connectivity index (χ4n) is 3.19. The Labute approximate surface area is 130 Å². The summed E-state index contributed by atoms with van der Waals surface area (Å²) in [6.07, 6.45) is 5.10. The summed E-state index contributed by atoms with van der Waals surface area (Å²) in [7, 11) is 0. The van der Waals surface area contributed by atoms with Crippen molar-refractivity contribution >= 4 is 5.82 Å². The van der Waals surface area contributed by atoms with Crippen LogP contribution in [0.1, 0.15) is 56.4 Å². The number of hydrogen-bond acceptors (Lipinski definition) is 3. The number of anilines is 1. The van der Waals surface area contributed by atoms with Gasteiger partial charge in [-0.15, -0.1) is 0 Å². The van der Waals surface area contributed by atoms with Crippen molar-refractivity contribution in [2.45, 2.75) is 59.9 Å². The Morgan fingerprint density at radius 1 is 1.29 bits per heavy atom. The zero-order valence-corrected chi connectivity index (χ0v) is 14.2. The summed E-state index contributed by atoms with van der Waals surface area (Å²) >= 11 is 0. The minimum absolute atomic E-state index is 0.850. The first kappa shape index (κ1) is 16.3. The lowest BCUT2D eigenvalue weighted by atomic mass is 10.0. The Morgan fingerprint density at radius 3 is 2.86 bits per heavy atom. The normalized spacial score (nSPS) is 19.6. The lowest BCUT2D eigenvalue weighted by Gasteiger charge is -2.26. The fraction of sp³-hybridized carbons (Fsp3) is 0.722. The highest BCUT2D eigenvalue weighted by Crippen LogP contribution is 2.26. The quantitative estimate of drug-likeness (QED) is 0.835. The number of pyridine rings is 1. The van der Waals surface area contributed by atoms with Gasteiger partial charge in [0.2, 0.25) is 0 Å². The third-order valence-electron chi connectivity index (χ3n) is 4.50. The molecule has 0 radical (unpaired) electrons. The Morgan fingerprint density at radius 2 is 2.10 bits per heavy atom. The minimum atomic E-state index is 0.850. The largest absolute Gasteiger partial charge is 0.356 e. The van der Waals surface area contributed by atoms with Crippen molar-refractivity contribution in [2.24, 2.45) is 5.92 Å². The maximum atomic E-state index is 4.89. The zero-order valence-electron chi connectivity index (χ0n) is 14.2. The van der Waals surface area contributed by atoms with E-state index >= 15 is 0 Å². The number of rotatable bonds is 5. The van der Waals surface area contributed by atoms with Gasteiger partial charge >= 0.3 is 0 Å². The molecule has 1 unspecified atom stereocenters. The van der Waals surface area contributed by atoms with Crippen molar-refractivity contribution in [3.63, 3.8) is 0 Å². The first-order chi connectivity index (χ1) is 10.1. The second kappa shape index (κ2) is 7.79. The van der Waals surface area contributed by atoms with Gasteiger partial charge in [-0.05, 0) is 63.6 Å². The lowest BCUT2D eigenvalue weighted by molar-refractivity contribution is 0.521. The first-order valence-electron chi connectivity index (χ1n) is 8.54. The monoisotopic (exact) mass is 289 g/mol. The first-order valence-corrected chi connectivity index (χ1v) is 8.54. The third-order valence-corrected chi connectivity index (χ3v) is 4.50. The van der Waals surface area contributed by atoms with E-state index in [1.165, 1.54) is 42.6 Å². The van der Waals surface area contributed by atoms with E-state index in [1.807, 2.05) is 0 Å². The van der Waals surface area contributed by atoms with Crippen LogP contribution in [0.25, 0.3) is 0 Å². The molecular formula is C18H31N3. The summed E-state index contributed by atoms with van der Waals surface area (Å²) in [6, 6.07) is 2.22. The predicted octanol–water partition coefficient (Wildman–Crippen LogP) is 3.82. The fourth-order valence-corrected chi connectivity index (χ4v) is 3.19. The Bertz CT molecular complexity index is 456. The maximum absolute atomic E-state index is 4.89. The molecule has 0 saturated carbocycles. The van der Waals surface area contributed by atoms with Crippen LogP contribution in [-0.2, 0) is 6.54 Å². The van der Waals surface area contributed by atoms with Crippen molar-refractivity contribution in [2.75, 3.05) is 24.5 Å². The van der Waals surface area contributed by atoms with Crippen LogP contribution in [0.4, 0.5) is 5.82 Å². The van der Waals surface area contributed by atoms with Gasteiger partial charge in [-0.2, -0.15) is 0 Å². The Hall–Kier alpha value is -1.09. The number of aromatic nitrogens is 1. The van der Waals surface area contributed by atoms with Crippen LogP contribution in [0.15, 0.2) is 6.07 Å². The minimum Gasteiger partial charge on any atom is -0.356 e. The molecule has 0 spiro atoms. The molecule has 1 aromatic rings. The molecule has 3 nitrogen and oxygen atoms in total. The summed E-state index contributed by atoms with van der Waals surface area (Å²) in [5.41, 5.74) is 3.90. The van der Waals surface area contributed by atoms with Crippen molar-refractivity contribution in [3.8, 4) is 0 Å². The number of hydrogen-bond donors (Lipinski definition) is 1. The highest BCUT2D eigenvalue weighted by molar-refractivity contribution is 5.51. The van der Waals surface area contributed by atoms with E-state index in [0.717, 1.165) is 37.8 Å². The highest BCUT2D eigenvalue weighted by Gasteiger charge is 2.19. The molecule has 0 aromatic carbocycles. The zero-order chi connectivity index (χ0) is 15.2. The summed E-state index contributed by atoms with van der Waals surface area (Å²) < 4.78 is 0. The highest BCUT2D eigenvalue weighted by atomic mass is 15.2. The number of nitrogens with zero attached hydrogens (tertiary/aromatic N) is 2. The van der Waals surface area contributed by atoms with Gasteiger partial charge < -0.3 is 10.2 Å². The molecule has 0 aliphatic carbocycles. The molecule has 3 heteroatoms. The van der Waals surface area contributed by atoms with Gasteiger partial charge in [-0.1, -0.05) is 13.8 Å². The van der Waals surface area contributed by atoms with Crippen molar-refractivity contribution in [1.82, 2.24) is 10.3 Å². The molecule has 1 saturated heterocycles. The average Bonchev–Trinajstić information content (AvgIpc) is 2.65. The Balaban J connectivity index is 2.22. The maximum Gasteiger partial charge on any atom is 0.133 e. The van der Waals surface area contributed by atoms with Gasteiger partial charge in [0.05, 0.1) is 0 Å². The van der Waals surface area contributed by atoms with Crippen molar-refractivity contribution in [3.05, 3.63) is 22.9 Å². The SMILES string of the molecule is CCCNCc1c(C)cc(C)nc1N1CCCC(C)CC1. The molecule has 1 atom stereocenters. The topological polar surface area (TPSA) is 28.2 Å². The summed E-state index contributed by atoms with van der Waals surface area (Å²) in [4.78, 5) is 7.41. The van der Waals surface area contributed by atoms with Crippen LogP contribution in [-0.4, -0.2) is 24.6 Å². The molecule has 2 rings (SSSR count). The van der Waals surface area contributed by atoms with Crippen LogP contribution in [0.2, 0.25) is 0 Å². The van der Waals surface area contributed by atoms with Gasteiger partial charge in [0, 0.05) is 30.9 Å². The van der Waals surface area contributed by atoms with Gasteiger partial charge in [0.15, 0.2) is 0 Å². The van der Waals surface area contributed by atoms with Crippen LogP contribution >= 0.6 is 0 Å². The Kier molecular flexibility index (Phi) is 6.04. The molecule has 1 aliphatic rings. The van der Waals surface area contributed by atoms with E-state index in [9.17, 15) is 0 Å². The van der Waals surface area contributed by atoms with Crippen LogP contribution in [0.5, 0.6) is 0 Å². The van der Waals surface area contributed by atoms with E-state index in [4.69, 9.17) is 4.98 Å².